The third kappa shape index (κ3) is 5.55. The Kier molecular flexibility index (Phi) is 6.69. The van der Waals surface area contributed by atoms with Gasteiger partial charge in [0.1, 0.15) is 17.1 Å². The highest BCUT2D eigenvalue weighted by Crippen LogP contribution is 2.33. The summed E-state index contributed by atoms with van der Waals surface area (Å²) in [6, 6.07) is 10.9. The van der Waals surface area contributed by atoms with E-state index in [9.17, 15) is 9.59 Å². The Morgan fingerprint density at radius 1 is 1.03 bits per heavy atom. The summed E-state index contributed by atoms with van der Waals surface area (Å²) in [6.07, 6.45) is 1.47. The van der Waals surface area contributed by atoms with Gasteiger partial charge in [0.2, 0.25) is 0 Å². The van der Waals surface area contributed by atoms with E-state index in [4.69, 9.17) is 19.9 Å². The highest BCUT2D eigenvalue weighted by molar-refractivity contribution is 5.83. The minimum Gasteiger partial charge on any atom is -0.493 e. The van der Waals surface area contributed by atoms with E-state index in [1.165, 1.54) is 0 Å². The number of benzene rings is 2. The summed E-state index contributed by atoms with van der Waals surface area (Å²) in [7, 11) is 3.43. The summed E-state index contributed by atoms with van der Waals surface area (Å²) in [5.41, 5.74) is 7.53. The number of amides is 1. The van der Waals surface area contributed by atoms with Gasteiger partial charge in [-0.05, 0) is 57.7 Å². The Morgan fingerprint density at radius 2 is 1.66 bits per heavy atom. The largest absolute Gasteiger partial charge is 0.493 e. The zero-order chi connectivity index (χ0) is 25.3. The summed E-state index contributed by atoms with van der Waals surface area (Å²) >= 11 is 0. The Hall–Kier alpha value is -3.62. The molecule has 2 heterocycles. The van der Waals surface area contributed by atoms with Crippen molar-refractivity contribution in [3.8, 4) is 17.2 Å². The second kappa shape index (κ2) is 9.56. The van der Waals surface area contributed by atoms with Gasteiger partial charge in [0.15, 0.2) is 5.75 Å². The van der Waals surface area contributed by atoms with Crippen LogP contribution in [0, 0.1) is 5.92 Å². The Balaban J connectivity index is 1.36. The average Bonchev–Trinajstić information content (AvgIpc) is 3.01. The molecule has 1 aromatic heterocycles. The number of carbonyl (C=O) groups is 1. The summed E-state index contributed by atoms with van der Waals surface area (Å²) in [5.74, 6) is 2.12. The maximum atomic E-state index is 12.3. The van der Waals surface area contributed by atoms with Gasteiger partial charge in [-0.1, -0.05) is 6.07 Å². The molecule has 9 heteroatoms. The van der Waals surface area contributed by atoms with Gasteiger partial charge in [-0.3, -0.25) is 9.13 Å². The number of likely N-dealkylation sites (tertiary alicyclic amines) is 1. The van der Waals surface area contributed by atoms with E-state index in [1.807, 2.05) is 45.0 Å². The number of ether oxygens (including phenoxy) is 3. The number of nitrogens with zero attached hydrogens (tertiary/aromatic N) is 3. The molecule has 35 heavy (non-hydrogen) atoms. The van der Waals surface area contributed by atoms with Crippen molar-refractivity contribution < 1.29 is 19.0 Å². The quantitative estimate of drug-likeness (QED) is 0.545. The van der Waals surface area contributed by atoms with Crippen molar-refractivity contribution in [2.24, 2.45) is 20.0 Å². The molecule has 188 valence electrons. The smallest absolute Gasteiger partial charge is 0.410 e. The number of nitrogen functional groups attached to an aromatic ring is 1. The number of rotatable bonds is 5. The average molecular weight is 483 g/mol. The molecule has 3 aromatic rings. The predicted octanol–water partition coefficient (Wildman–Crippen LogP) is 4.28. The van der Waals surface area contributed by atoms with E-state index < -0.39 is 5.60 Å². The first kappa shape index (κ1) is 24.5. The molecule has 4 rings (SSSR count). The van der Waals surface area contributed by atoms with E-state index in [0.717, 1.165) is 23.9 Å². The molecule has 9 nitrogen and oxygen atoms in total. The molecule has 0 saturated carbocycles. The van der Waals surface area contributed by atoms with Crippen LogP contribution in [-0.4, -0.2) is 45.4 Å². The maximum absolute atomic E-state index is 12.3. The van der Waals surface area contributed by atoms with Crippen LogP contribution in [0.15, 0.2) is 41.2 Å². The zero-order valence-electron chi connectivity index (χ0n) is 21.0. The van der Waals surface area contributed by atoms with Gasteiger partial charge < -0.3 is 24.8 Å². The van der Waals surface area contributed by atoms with Crippen LogP contribution in [0.3, 0.4) is 0 Å². The fourth-order valence-corrected chi connectivity index (χ4v) is 4.21. The van der Waals surface area contributed by atoms with Crippen LogP contribution in [0.1, 0.15) is 33.6 Å². The van der Waals surface area contributed by atoms with Gasteiger partial charge in [0.05, 0.1) is 23.3 Å². The first-order valence-corrected chi connectivity index (χ1v) is 11.9. The molecule has 0 atom stereocenters. The number of imidazole rings is 1. The molecule has 2 aromatic carbocycles. The standard InChI is InChI=1S/C26H34N4O5/c1-26(2,3)35-25(32)30-11-9-17(10-12-30)16-33-18-7-6-8-19(13-18)34-23-15-22-21(14-20(23)27)28(4)24(31)29(22)5/h6-8,13-15,17H,9-12,16,27H2,1-5H3. The SMILES string of the molecule is Cn1c(=O)n(C)c2cc(Oc3cccc(OCC4CCN(C(=O)OC(C)(C)C)CC4)c3)c(N)cc21. The molecule has 0 radical (unpaired) electrons. The molecule has 1 amide bonds. The minimum atomic E-state index is -0.488. The number of anilines is 1. The molecule has 1 aliphatic heterocycles. The minimum absolute atomic E-state index is 0.121. The molecule has 0 unspecified atom stereocenters. The molecule has 0 bridgehead atoms. The number of aromatic nitrogens is 2. The third-order valence-electron chi connectivity index (χ3n) is 6.19. The Labute approximate surface area is 205 Å². The monoisotopic (exact) mass is 482 g/mol. The van der Waals surface area contributed by atoms with Gasteiger partial charge >= 0.3 is 11.8 Å². The second-order valence-corrected chi connectivity index (χ2v) is 10.1. The lowest BCUT2D eigenvalue weighted by Gasteiger charge is -2.33. The molecule has 0 aliphatic carbocycles. The summed E-state index contributed by atoms with van der Waals surface area (Å²) in [5, 5.41) is 0. The van der Waals surface area contributed by atoms with Gasteiger partial charge in [0.25, 0.3) is 0 Å². The van der Waals surface area contributed by atoms with E-state index in [1.54, 1.807) is 40.3 Å². The van der Waals surface area contributed by atoms with Gasteiger partial charge in [-0.2, -0.15) is 0 Å². The van der Waals surface area contributed by atoms with Crippen molar-refractivity contribution in [2.45, 2.75) is 39.2 Å². The number of fused-ring (bicyclic) bond motifs is 1. The molecule has 1 saturated heterocycles. The van der Waals surface area contributed by atoms with Crippen molar-refractivity contribution in [1.29, 1.82) is 0 Å². The number of aryl methyl sites for hydroxylation is 2. The molecule has 0 spiro atoms. The van der Waals surface area contributed by atoms with Gasteiger partial charge in [-0.25, -0.2) is 9.59 Å². The van der Waals surface area contributed by atoms with Gasteiger partial charge in [0, 0.05) is 39.3 Å². The Morgan fingerprint density at radius 3 is 2.31 bits per heavy atom. The molecule has 1 aliphatic rings. The van der Waals surface area contributed by atoms with Crippen LogP contribution in [0.4, 0.5) is 10.5 Å². The molecular formula is C26H34N4O5. The predicted molar refractivity (Wildman–Crippen MR) is 135 cm³/mol. The van der Waals surface area contributed by atoms with E-state index in [0.29, 0.717) is 48.6 Å². The summed E-state index contributed by atoms with van der Waals surface area (Å²) in [6.45, 7) is 7.51. The zero-order valence-corrected chi connectivity index (χ0v) is 21.0. The summed E-state index contributed by atoms with van der Waals surface area (Å²) < 4.78 is 20.7. The molecule has 2 N–H and O–H groups in total. The topological polar surface area (TPSA) is 101 Å². The van der Waals surface area contributed by atoms with E-state index in [-0.39, 0.29) is 11.8 Å². The number of carbonyl (C=O) groups excluding carboxylic acids is 1. The number of piperidine rings is 1. The fraction of sp³-hybridized carbons (Fsp3) is 0.462. The molecule has 1 fully saturated rings. The van der Waals surface area contributed by atoms with Crippen LogP contribution in [0.25, 0.3) is 11.0 Å². The number of hydrogen-bond donors (Lipinski definition) is 1. The lowest BCUT2D eigenvalue weighted by Crippen LogP contribution is -2.42. The van der Waals surface area contributed by atoms with Crippen LogP contribution in [0.5, 0.6) is 17.2 Å². The maximum Gasteiger partial charge on any atom is 0.410 e. The molecular weight excluding hydrogens is 448 g/mol. The normalized spacial score (nSPS) is 14.8. The van der Waals surface area contributed by atoms with E-state index in [2.05, 4.69) is 0 Å². The van der Waals surface area contributed by atoms with Crippen molar-refractivity contribution >= 4 is 22.8 Å². The lowest BCUT2D eigenvalue weighted by molar-refractivity contribution is 0.0165. The highest BCUT2D eigenvalue weighted by atomic mass is 16.6. The first-order valence-electron chi connectivity index (χ1n) is 11.9. The first-order chi connectivity index (χ1) is 16.5. The Bertz CT molecular complexity index is 1280. The van der Waals surface area contributed by atoms with Crippen molar-refractivity contribution in [3.05, 3.63) is 46.9 Å². The summed E-state index contributed by atoms with van der Waals surface area (Å²) in [4.78, 5) is 26.2. The van der Waals surface area contributed by atoms with Crippen LogP contribution in [0.2, 0.25) is 0 Å². The third-order valence-corrected chi connectivity index (χ3v) is 6.19. The van der Waals surface area contributed by atoms with Crippen molar-refractivity contribution in [1.82, 2.24) is 14.0 Å². The van der Waals surface area contributed by atoms with Crippen LogP contribution in [-0.2, 0) is 18.8 Å². The fourth-order valence-electron chi connectivity index (χ4n) is 4.21. The number of hydrogen-bond acceptors (Lipinski definition) is 6. The van der Waals surface area contributed by atoms with Crippen LogP contribution >= 0.6 is 0 Å². The van der Waals surface area contributed by atoms with Crippen molar-refractivity contribution in [2.75, 3.05) is 25.4 Å². The number of nitrogens with two attached hydrogens (primary N) is 1. The lowest BCUT2D eigenvalue weighted by atomic mass is 9.98. The van der Waals surface area contributed by atoms with Crippen molar-refractivity contribution in [3.63, 3.8) is 0 Å². The highest BCUT2D eigenvalue weighted by Gasteiger charge is 2.27. The van der Waals surface area contributed by atoms with Gasteiger partial charge in [-0.15, -0.1) is 0 Å². The van der Waals surface area contributed by atoms with Crippen LogP contribution < -0.4 is 20.9 Å². The van der Waals surface area contributed by atoms with E-state index >= 15 is 0 Å². The second-order valence-electron chi connectivity index (χ2n) is 10.1.